The SMILES string of the molecule is CC1(/C=C/C(=O)O)C=CC=CC1. The Bertz CT molecular complexity index is 261. The molecule has 0 radical (unpaired) electrons. The maximum Gasteiger partial charge on any atom is 0.328 e. The van der Waals surface area contributed by atoms with Crippen molar-refractivity contribution < 1.29 is 9.90 Å². The Balaban J connectivity index is 2.67. The molecule has 0 bridgehead atoms. The van der Waals surface area contributed by atoms with Crippen LogP contribution < -0.4 is 0 Å². The van der Waals surface area contributed by atoms with E-state index >= 15 is 0 Å². The summed E-state index contributed by atoms with van der Waals surface area (Å²) in [5.41, 5.74) is -0.118. The van der Waals surface area contributed by atoms with E-state index in [0.29, 0.717) is 0 Å². The molecule has 0 amide bonds. The van der Waals surface area contributed by atoms with Crippen molar-refractivity contribution >= 4 is 5.97 Å². The second-order valence-corrected chi connectivity index (χ2v) is 3.17. The van der Waals surface area contributed by atoms with Gasteiger partial charge in [0.1, 0.15) is 0 Å². The van der Waals surface area contributed by atoms with Gasteiger partial charge in [0.15, 0.2) is 0 Å². The van der Waals surface area contributed by atoms with Crippen LogP contribution in [0.4, 0.5) is 0 Å². The first-order valence-electron chi connectivity index (χ1n) is 3.89. The van der Waals surface area contributed by atoms with Crippen LogP contribution in [0.3, 0.4) is 0 Å². The summed E-state index contributed by atoms with van der Waals surface area (Å²) >= 11 is 0. The molecule has 0 aromatic carbocycles. The van der Waals surface area contributed by atoms with Crippen LogP contribution in [0.15, 0.2) is 36.5 Å². The minimum absolute atomic E-state index is 0.118. The van der Waals surface area contributed by atoms with Crippen molar-refractivity contribution in [3.8, 4) is 0 Å². The van der Waals surface area contributed by atoms with Gasteiger partial charge in [-0.05, 0) is 6.42 Å². The quantitative estimate of drug-likeness (QED) is 0.635. The predicted octanol–water partition coefficient (Wildman–Crippen LogP) is 2.15. The van der Waals surface area contributed by atoms with E-state index in [9.17, 15) is 4.79 Å². The zero-order chi connectivity index (χ0) is 9.03. The van der Waals surface area contributed by atoms with Gasteiger partial charge in [-0.1, -0.05) is 37.3 Å². The summed E-state index contributed by atoms with van der Waals surface area (Å²) in [5, 5.41) is 8.43. The Labute approximate surface area is 71.9 Å². The van der Waals surface area contributed by atoms with Gasteiger partial charge in [0, 0.05) is 11.5 Å². The average Bonchev–Trinajstić information content (AvgIpc) is 2.03. The largest absolute Gasteiger partial charge is 0.478 e. The van der Waals surface area contributed by atoms with Crippen LogP contribution in [0.25, 0.3) is 0 Å². The van der Waals surface area contributed by atoms with Crippen molar-refractivity contribution in [1.29, 1.82) is 0 Å². The lowest BCUT2D eigenvalue weighted by atomic mass is 9.83. The van der Waals surface area contributed by atoms with Gasteiger partial charge < -0.3 is 5.11 Å². The highest BCUT2D eigenvalue weighted by Crippen LogP contribution is 2.28. The minimum Gasteiger partial charge on any atom is -0.478 e. The van der Waals surface area contributed by atoms with Gasteiger partial charge in [-0.25, -0.2) is 4.79 Å². The van der Waals surface area contributed by atoms with Gasteiger partial charge in [-0.15, -0.1) is 0 Å². The predicted molar refractivity (Wildman–Crippen MR) is 47.8 cm³/mol. The fraction of sp³-hybridized carbons (Fsp3) is 0.300. The molecular formula is C10H12O2. The standard InChI is InChI=1S/C10H12O2/c1-10(8-5-9(11)12)6-3-2-4-7-10/h2-6,8H,7H2,1H3,(H,11,12)/b8-5+. The van der Waals surface area contributed by atoms with Crippen LogP contribution in [0.2, 0.25) is 0 Å². The molecule has 0 spiro atoms. The summed E-state index contributed by atoms with van der Waals surface area (Å²) in [5.74, 6) is -0.890. The van der Waals surface area contributed by atoms with Gasteiger partial charge in [-0.3, -0.25) is 0 Å². The number of carbonyl (C=O) groups is 1. The molecule has 0 aliphatic heterocycles. The maximum atomic E-state index is 10.3. The van der Waals surface area contributed by atoms with Crippen molar-refractivity contribution in [3.05, 3.63) is 36.5 Å². The molecule has 2 nitrogen and oxygen atoms in total. The third-order valence-electron chi connectivity index (χ3n) is 1.89. The Morgan fingerprint density at radius 1 is 1.58 bits per heavy atom. The molecule has 0 saturated carbocycles. The Morgan fingerprint density at radius 2 is 2.33 bits per heavy atom. The highest BCUT2D eigenvalue weighted by Gasteiger charge is 2.16. The van der Waals surface area contributed by atoms with Crippen molar-refractivity contribution in [1.82, 2.24) is 0 Å². The molecule has 0 aromatic rings. The molecule has 1 atom stereocenters. The van der Waals surface area contributed by atoms with E-state index < -0.39 is 5.97 Å². The van der Waals surface area contributed by atoms with Crippen molar-refractivity contribution in [2.75, 3.05) is 0 Å². The summed E-state index contributed by atoms with van der Waals surface area (Å²) in [6.45, 7) is 2.01. The third-order valence-corrected chi connectivity index (χ3v) is 1.89. The molecule has 1 N–H and O–H groups in total. The highest BCUT2D eigenvalue weighted by molar-refractivity contribution is 5.79. The van der Waals surface area contributed by atoms with Crippen LogP contribution in [0.5, 0.6) is 0 Å². The Hall–Kier alpha value is -1.31. The monoisotopic (exact) mass is 164 g/mol. The second kappa shape index (κ2) is 3.39. The van der Waals surface area contributed by atoms with Gasteiger partial charge >= 0.3 is 5.97 Å². The summed E-state index contributed by atoms with van der Waals surface area (Å²) in [6, 6.07) is 0. The number of allylic oxidation sites excluding steroid dienone is 5. The number of rotatable bonds is 2. The van der Waals surface area contributed by atoms with E-state index in [1.54, 1.807) is 6.08 Å². The van der Waals surface area contributed by atoms with Crippen molar-refractivity contribution in [2.45, 2.75) is 13.3 Å². The van der Waals surface area contributed by atoms with Crippen LogP contribution >= 0.6 is 0 Å². The van der Waals surface area contributed by atoms with Crippen molar-refractivity contribution in [2.24, 2.45) is 5.41 Å². The summed E-state index contributed by atoms with van der Waals surface area (Å²) in [6.07, 6.45) is 11.7. The number of carboxylic acid groups (broad SMARTS) is 1. The normalized spacial score (nSPS) is 28.1. The average molecular weight is 164 g/mol. The molecule has 12 heavy (non-hydrogen) atoms. The molecule has 0 saturated heterocycles. The van der Waals surface area contributed by atoms with Crippen LogP contribution in [-0.2, 0) is 4.79 Å². The van der Waals surface area contributed by atoms with E-state index in [-0.39, 0.29) is 5.41 Å². The van der Waals surface area contributed by atoms with Crippen LogP contribution in [0, 0.1) is 5.41 Å². The number of hydrogen-bond donors (Lipinski definition) is 1. The summed E-state index contributed by atoms with van der Waals surface area (Å²) in [4.78, 5) is 10.3. The van der Waals surface area contributed by atoms with E-state index in [4.69, 9.17) is 5.11 Å². The lowest BCUT2D eigenvalue weighted by molar-refractivity contribution is -0.131. The van der Waals surface area contributed by atoms with E-state index in [2.05, 4.69) is 0 Å². The number of carboxylic acids is 1. The molecule has 64 valence electrons. The number of hydrogen-bond acceptors (Lipinski definition) is 1. The molecule has 0 aromatic heterocycles. The van der Waals surface area contributed by atoms with Gasteiger partial charge in [0.05, 0.1) is 0 Å². The lowest BCUT2D eigenvalue weighted by Crippen LogP contribution is -2.10. The van der Waals surface area contributed by atoms with E-state index in [0.717, 1.165) is 6.42 Å². The Kier molecular flexibility index (Phi) is 2.48. The zero-order valence-electron chi connectivity index (χ0n) is 7.03. The van der Waals surface area contributed by atoms with Gasteiger partial charge in [0.25, 0.3) is 0 Å². The molecule has 1 rings (SSSR count). The molecule has 0 fully saturated rings. The maximum absolute atomic E-state index is 10.3. The first kappa shape index (κ1) is 8.78. The van der Waals surface area contributed by atoms with Crippen molar-refractivity contribution in [3.63, 3.8) is 0 Å². The first-order valence-corrected chi connectivity index (χ1v) is 3.89. The van der Waals surface area contributed by atoms with E-state index in [1.807, 2.05) is 31.2 Å². The fourth-order valence-electron chi connectivity index (χ4n) is 1.13. The molecule has 1 aliphatic carbocycles. The third kappa shape index (κ3) is 2.38. The molecular weight excluding hydrogens is 152 g/mol. The van der Waals surface area contributed by atoms with Crippen LogP contribution in [-0.4, -0.2) is 11.1 Å². The van der Waals surface area contributed by atoms with Gasteiger partial charge in [0.2, 0.25) is 0 Å². The molecule has 0 heterocycles. The lowest BCUT2D eigenvalue weighted by Gasteiger charge is -2.21. The molecule has 2 heteroatoms. The fourth-order valence-corrected chi connectivity index (χ4v) is 1.13. The van der Waals surface area contributed by atoms with Gasteiger partial charge in [-0.2, -0.15) is 0 Å². The minimum atomic E-state index is -0.890. The smallest absolute Gasteiger partial charge is 0.328 e. The second-order valence-electron chi connectivity index (χ2n) is 3.17. The summed E-state index contributed by atoms with van der Waals surface area (Å²) in [7, 11) is 0. The van der Waals surface area contributed by atoms with Crippen LogP contribution in [0.1, 0.15) is 13.3 Å². The Morgan fingerprint density at radius 3 is 2.83 bits per heavy atom. The summed E-state index contributed by atoms with van der Waals surface area (Å²) < 4.78 is 0. The van der Waals surface area contributed by atoms with E-state index in [1.165, 1.54) is 6.08 Å². The zero-order valence-corrected chi connectivity index (χ0v) is 7.03. The molecule has 1 aliphatic rings. The topological polar surface area (TPSA) is 37.3 Å². The highest BCUT2D eigenvalue weighted by atomic mass is 16.4. The molecule has 1 unspecified atom stereocenters. The number of aliphatic carboxylic acids is 1. The first-order chi connectivity index (χ1) is 5.62.